The van der Waals surface area contributed by atoms with Gasteiger partial charge in [0, 0.05) is 11.6 Å². The second kappa shape index (κ2) is 9.99. The van der Waals surface area contributed by atoms with E-state index in [0.717, 1.165) is 12.2 Å². The van der Waals surface area contributed by atoms with E-state index in [-0.39, 0.29) is 23.5 Å². The summed E-state index contributed by atoms with van der Waals surface area (Å²) in [7, 11) is 2.58. The average Bonchev–Trinajstić information content (AvgIpc) is 3.13. The van der Waals surface area contributed by atoms with Crippen LogP contribution in [0.15, 0.2) is 34.7 Å². The molecule has 1 N–H and O–H groups in total. The van der Waals surface area contributed by atoms with Crippen molar-refractivity contribution in [2.24, 2.45) is 0 Å². The third-order valence-electron chi connectivity index (χ3n) is 3.96. The van der Waals surface area contributed by atoms with Crippen molar-refractivity contribution in [3.05, 3.63) is 47.2 Å². The Morgan fingerprint density at radius 1 is 1.08 bits per heavy atom. The van der Waals surface area contributed by atoms with Gasteiger partial charge in [0.15, 0.2) is 0 Å². The van der Waals surface area contributed by atoms with Crippen LogP contribution in [0.1, 0.15) is 46.7 Å². The van der Waals surface area contributed by atoms with Gasteiger partial charge in [-0.25, -0.2) is 9.59 Å². The average molecular weight is 382 g/mol. The van der Waals surface area contributed by atoms with E-state index >= 15 is 0 Å². The molecule has 0 fully saturated rings. The summed E-state index contributed by atoms with van der Waals surface area (Å²) in [5.74, 6) is 0.282. The van der Waals surface area contributed by atoms with Gasteiger partial charge in [-0.3, -0.25) is 0 Å². The molecule has 0 aliphatic carbocycles. The first-order chi connectivity index (χ1) is 12.0. The molecule has 1 aromatic carbocycles. The number of ether oxygens (including phenoxy) is 2. The number of rotatable bonds is 7. The predicted molar refractivity (Wildman–Crippen MR) is 101 cm³/mol. The third-order valence-corrected chi connectivity index (χ3v) is 3.96. The van der Waals surface area contributed by atoms with Crippen LogP contribution in [0, 0.1) is 0 Å². The number of hydrogen-bond acceptors (Lipinski definition) is 6. The Kier molecular flexibility index (Phi) is 8.35. The van der Waals surface area contributed by atoms with Gasteiger partial charge in [0.25, 0.3) is 0 Å². The smallest absolute Gasteiger partial charge is 0.337 e. The van der Waals surface area contributed by atoms with Crippen LogP contribution in [0.25, 0.3) is 11.3 Å². The molecule has 1 heterocycles. The number of benzene rings is 1. The van der Waals surface area contributed by atoms with Crippen LogP contribution < -0.4 is 5.32 Å². The van der Waals surface area contributed by atoms with Gasteiger partial charge in [-0.2, -0.15) is 0 Å². The van der Waals surface area contributed by atoms with Crippen molar-refractivity contribution in [3.8, 4) is 11.3 Å². The lowest BCUT2D eigenvalue weighted by atomic mass is 10.0. The summed E-state index contributed by atoms with van der Waals surface area (Å²) in [5, 5.41) is 3.35. The van der Waals surface area contributed by atoms with E-state index in [2.05, 4.69) is 19.2 Å². The number of carbonyl (C=O) groups excluding carboxylic acids is 2. The largest absolute Gasteiger partial charge is 0.465 e. The molecule has 0 amide bonds. The normalized spacial score (nSPS) is 11.4. The number of esters is 2. The fourth-order valence-electron chi connectivity index (χ4n) is 2.29. The zero-order valence-corrected chi connectivity index (χ0v) is 16.1. The number of hydrogen-bond donors (Lipinski definition) is 1. The molecule has 0 aliphatic heterocycles. The molecule has 0 aliphatic rings. The number of halogens is 1. The number of methoxy groups -OCH3 is 2. The zero-order chi connectivity index (χ0) is 18.4. The maximum absolute atomic E-state index is 11.9. The maximum atomic E-state index is 11.9. The molecule has 7 heteroatoms. The molecule has 26 heavy (non-hydrogen) atoms. The lowest BCUT2D eigenvalue weighted by Crippen LogP contribution is -2.24. The molecular formula is C19H24ClNO5. The molecule has 0 spiro atoms. The molecule has 1 aromatic heterocycles. The quantitative estimate of drug-likeness (QED) is 0.734. The van der Waals surface area contributed by atoms with Crippen molar-refractivity contribution >= 4 is 24.3 Å². The first-order valence-corrected chi connectivity index (χ1v) is 8.12. The van der Waals surface area contributed by atoms with Crippen LogP contribution >= 0.6 is 12.4 Å². The van der Waals surface area contributed by atoms with E-state index in [4.69, 9.17) is 13.9 Å². The van der Waals surface area contributed by atoms with Crippen molar-refractivity contribution in [1.82, 2.24) is 5.32 Å². The van der Waals surface area contributed by atoms with E-state index in [0.29, 0.717) is 23.9 Å². The van der Waals surface area contributed by atoms with Gasteiger partial charge in [-0.15, -0.1) is 12.4 Å². The Morgan fingerprint density at radius 3 is 2.15 bits per heavy atom. The highest BCUT2D eigenvalue weighted by Crippen LogP contribution is 2.25. The topological polar surface area (TPSA) is 77.8 Å². The zero-order valence-electron chi connectivity index (χ0n) is 15.3. The van der Waals surface area contributed by atoms with Gasteiger partial charge in [0.2, 0.25) is 0 Å². The van der Waals surface area contributed by atoms with Gasteiger partial charge < -0.3 is 19.2 Å². The number of carbonyl (C=O) groups is 2. The van der Waals surface area contributed by atoms with Gasteiger partial charge in [-0.05, 0) is 43.7 Å². The first-order valence-electron chi connectivity index (χ1n) is 8.12. The Balaban J connectivity index is 0.00000338. The summed E-state index contributed by atoms with van der Waals surface area (Å²) < 4.78 is 15.3. The fourth-order valence-corrected chi connectivity index (χ4v) is 2.29. The van der Waals surface area contributed by atoms with E-state index in [1.807, 2.05) is 12.1 Å². The lowest BCUT2D eigenvalue weighted by Gasteiger charge is -2.09. The third kappa shape index (κ3) is 5.34. The van der Waals surface area contributed by atoms with Gasteiger partial charge in [-0.1, -0.05) is 6.92 Å². The molecule has 2 rings (SSSR count). The number of nitrogens with one attached hydrogen (secondary N) is 1. The molecule has 6 nitrogen and oxygen atoms in total. The molecule has 1 unspecified atom stereocenters. The molecule has 0 radical (unpaired) electrons. The minimum absolute atomic E-state index is 0. The fraction of sp³-hybridized carbons (Fsp3) is 0.368. The Labute approximate surface area is 159 Å². The molecule has 0 saturated carbocycles. The second-order valence-corrected chi connectivity index (χ2v) is 5.74. The maximum Gasteiger partial charge on any atom is 0.337 e. The van der Waals surface area contributed by atoms with Crippen molar-refractivity contribution < 1.29 is 23.5 Å². The van der Waals surface area contributed by atoms with Crippen LogP contribution in [-0.2, 0) is 16.0 Å². The summed E-state index contributed by atoms with van der Waals surface area (Å²) in [5.41, 5.74) is 1.13. The number of furan rings is 1. The summed E-state index contributed by atoms with van der Waals surface area (Å²) in [4.78, 5) is 23.7. The van der Waals surface area contributed by atoms with Crippen LogP contribution in [0.5, 0.6) is 0 Å². The molecule has 2 aromatic rings. The Bertz CT molecular complexity index is 722. The second-order valence-electron chi connectivity index (χ2n) is 5.74. The Morgan fingerprint density at radius 2 is 1.65 bits per heavy atom. The highest BCUT2D eigenvalue weighted by Gasteiger charge is 2.16. The lowest BCUT2D eigenvalue weighted by molar-refractivity contribution is 0.0599. The summed E-state index contributed by atoms with van der Waals surface area (Å²) >= 11 is 0. The Hall–Kier alpha value is -2.31. The first kappa shape index (κ1) is 21.7. The SMILES string of the molecule is CCC(C)NCc1ccc(-c2cc(C(=O)OC)cc(C(=O)OC)c2)o1.Cl. The summed E-state index contributed by atoms with van der Waals surface area (Å²) in [6.07, 6.45) is 1.03. The predicted octanol–water partition coefficient (Wildman–Crippen LogP) is 3.83. The van der Waals surface area contributed by atoms with Crippen LogP contribution in [0.3, 0.4) is 0 Å². The van der Waals surface area contributed by atoms with Crippen LogP contribution in [0.2, 0.25) is 0 Å². The monoisotopic (exact) mass is 381 g/mol. The minimum atomic E-state index is -0.530. The van der Waals surface area contributed by atoms with Crippen molar-refractivity contribution in [3.63, 3.8) is 0 Å². The van der Waals surface area contributed by atoms with Crippen molar-refractivity contribution in [2.75, 3.05) is 14.2 Å². The molecule has 1 atom stereocenters. The molecular weight excluding hydrogens is 358 g/mol. The standard InChI is InChI=1S/C19H23NO5.ClH/c1-5-12(2)20-11-16-6-7-17(25-16)13-8-14(18(21)23-3)10-15(9-13)19(22)24-4;/h6-10,12,20H,5,11H2,1-4H3;1H. The van der Waals surface area contributed by atoms with E-state index in [9.17, 15) is 9.59 Å². The van der Waals surface area contributed by atoms with Crippen LogP contribution in [0.4, 0.5) is 0 Å². The highest BCUT2D eigenvalue weighted by atomic mass is 35.5. The van der Waals surface area contributed by atoms with E-state index in [1.54, 1.807) is 12.1 Å². The van der Waals surface area contributed by atoms with Gasteiger partial charge in [0.1, 0.15) is 11.5 Å². The molecule has 142 valence electrons. The van der Waals surface area contributed by atoms with E-state index < -0.39 is 11.9 Å². The molecule has 0 bridgehead atoms. The van der Waals surface area contributed by atoms with Crippen molar-refractivity contribution in [2.45, 2.75) is 32.9 Å². The summed E-state index contributed by atoms with van der Waals surface area (Å²) in [6, 6.07) is 8.77. The summed E-state index contributed by atoms with van der Waals surface area (Å²) in [6.45, 7) is 4.82. The van der Waals surface area contributed by atoms with Gasteiger partial charge in [0.05, 0.1) is 31.9 Å². The highest BCUT2D eigenvalue weighted by molar-refractivity contribution is 5.97. The van der Waals surface area contributed by atoms with Gasteiger partial charge >= 0.3 is 11.9 Å². The molecule has 0 saturated heterocycles. The van der Waals surface area contributed by atoms with Crippen LogP contribution in [-0.4, -0.2) is 32.2 Å². The van der Waals surface area contributed by atoms with E-state index in [1.165, 1.54) is 20.3 Å². The minimum Gasteiger partial charge on any atom is -0.465 e. The van der Waals surface area contributed by atoms with Crippen molar-refractivity contribution in [1.29, 1.82) is 0 Å².